The lowest BCUT2D eigenvalue weighted by Gasteiger charge is -2.29. The van der Waals surface area contributed by atoms with Gasteiger partial charge in [-0.15, -0.1) is 0 Å². The third kappa shape index (κ3) is 3.55. The van der Waals surface area contributed by atoms with Crippen LogP contribution in [0.1, 0.15) is 43.6 Å². The summed E-state index contributed by atoms with van der Waals surface area (Å²) in [4.78, 5) is 17.3. The van der Waals surface area contributed by atoms with E-state index in [2.05, 4.69) is 0 Å². The highest BCUT2D eigenvalue weighted by atomic mass is 16.5. The minimum atomic E-state index is -1.20. The first-order valence-corrected chi connectivity index (χ1v) is 11.4. The van der Waals surface area contributed by atoms with Crippen molar-refractivity contribution in [3.8, 4) is 16.9 Å². The summed E-state index contributed by atoms with van der Waals surface area (Å²) in [5, 5.41) is 13.0. The van der Waals surface area contributed by atoms with Gasteiger partial charge in [0, 0.05) is 40.2 Å². The molecular formula is C28H28N2O4. The third-order valence-electron chi connectivity index (χ3n) is 6.36. The van der Waals surface area contributed by atoms with Crippen LogP contribution < -0.4 is 10.5 Å². The Balaban J connectivity index is 1.94. The molecule has 1 aromatic heterocycles. The Morgan fingerprint density at radius 1 is 1.15 bits per heavy atom. The number of rotatable bonds is 4. The molecule has 0 saturated heterocycles. The van der Waals surface area contributed by atoms with Crippen LogP contribution in [0.5, 0.6) is 5.75 Å². The molecule has 6 nitrogen and oxygen atoms in total. The predicted molar refractivity (Wildman–Crippen MR) is 134 cm³/mol. The molecule has 3 aromatic carbocycles. The number of hydrogen-bond acceptors (Lipinski definition) is 5. The number of nitrogens with two attached hydrogens (primary N) is 1. The fourth-order valence-corrected chi connectivity index (χ4v) is 4.92. The SMILES string of the molecule is Cc1c(C(OC(C)(C)C)C(=O)O)c(-c2ccc3c4c(ccnc24)CCO3)c2ccccc2c1N. The maximum absolute atomic E-state index is 12.6. The number of carboxylic acid groups (broad SMARTS) is 1. The van der Waals surface area contributed by atoms with E-state index >= 15 is 0 Å². The number of benzene rings is 3. The van der Waals surface area contributed by atoms with Gasteiger partial charge in [-0.2, -0.15) is 0 Å². The second kappa shape index (κ2) is 7.99. The van der Waals surface area contributed by atoms with Crippen molar-refractivity contribution in [1.29, 1.82) is 0 Å². The quantitative estimate of drug-likeness (QED) is 0.376. The predicted octanol–water partition coefficient (Wildman–Crippen LogP) is 5.82. The van der Waals surface area contributed by atoms with Crippen molar-refractivity contribution >= 4 is 33.3 Å². The van der Waals surface area contributed by atoms with E-state index in [-0.39, 0.29) is 0 Å². The van der Waals surface area contributed by atoms with Crippen LogP contribution in [-0.4, -0.2) is 28.3 Å². The first-order chi connectivity index (χ1) is 16.2. The lowest BCUT2D eigenvalue weighted by molar-refractivity contribution is -0.160. The van der Waals surface area contributed by atoms with Gasteiger partial charge in [-0.25, -0.2) is 4.79 Å². The summed E-state index contributed by atoms with van der Waals surface area (Å²) in [6, 6.07) is 13.8. The van der Waals surface area contributed by atoms with E-state index in [1.54, 1.807) is 0 Å². The van der Waals surface area contributed by atoms with Crippen molar-refractivity contribution in [2.24, 2.45) is 0 Å². The summed E-state index contributed by atoms with van der Waals surface area (Å²) in [6.45, 7) is 8.04. The number of carboxylic acids is 1. The van der Waals surface area contributed by atoms with Gasteiger partial charge in [0.2, 0.25) is 0 Å². The van der Waals surface area contributed by atoms with E-state index in [9.17, 15) is 9.90 Å². The highest BCUT2D eigenvalue weighted by molar-refractivity contribution is 6.12. The molecule has 174 valence electrons. The first kappa shape index (κ1) is 22.2. The number of anilines is 1. The van der Waals surface area contributed by atoms with Gasteiger partial charge in [0.1, 0.15) is 5.75 Å². The van der Waals surface area contributed by atoms with Crippen LogP contribution in [0.15, 0.2) is 48.7 Å². The van der Waals surface area contributed by atoms with Crippen LogP contribution >= 0.6 is 0 Å². The van der Waals surface area contributed by atoms with Crippen molar-refractivity contribution in [2.45, 2.75) is 45.8 Å². The number of aliphatic carboxylic acids is 1. The van der Waals surface area contributed by atoms with Crippen LogP contribution in [-0.2, 0) is 16.0 Å². The zero-order valence-corrected chi connectivity index (χ0v) is 19.8. The monoisotopic (exact) mass is 456 g/mol. The molecule has 34 heavy (non-hydrogen) atoms. The molecule has 1 unspecified atom stereocenters. The molecule has 0 amide bonds. The lowest BCUT2D eigenvalue weighted by Crippen LogP contribution is -2.28. The van der Waals surface area contributed by atoms with Crippen molar-refractivity contribution in [3.63, 3.8) is 0 Å². The number of ether oxygens (including phenoxy) is 2. The molecule has 0 saturated carbocycles. The van der Waals surface area contributed by atoms with Crippen LogP contribution in [0.25, 0.3) is 32.8 Å². The van der Waals surface area contributed by atoms with E-state index in [4.69, 9.17) is 20.2 Å². The van der Waals surface area contributed by atoms with Crippen molar-refractivity contribution in [2.75, 3.05) is 12.3 Å². The van der Waals surface area contributed by atoms with E-state index in [0.29, 0.717) is 23.4 Å². The number of carbonyl (C=O) groups is 1. The summed E-state index contributed by atoms with van der Waals surface area (Å²) in [7, 11) is 0. The van der Waals surface area contributed by atoms with Gasteiger partial charge < -0.3 is 20.3 Å². The van der Waals surface area contributed by atoms with Crippen LogP contribution in [0, 0.1) is 6.92 Å². The molecule has 3 N–H and O–H groups in total. The lowest BCUT2D eigenvalue weighted by atomic mass is 9.84. The van der Waals surface area contributed by atoms with E-state index in [1.165, 1.54) is 5.56 Å². The normalized spacial score (nSPS) is 14.2. The molecule has 0 bridgehead atoms. The van der Waals surface area contributed by atoms with Gasteiger partial charge in [0.05, 0.1) is 17.7 Å². The number of hydrogen-bond donors (Lipinski definition) is 2. The number of nitrogens with zero attached hydrogens (tertiary/aromatic N) is 1. The highest BCUT2D eigenvalue weighted by Crippen LogP contribution is 2.46. The Hall–Kier alpha value is -3.64. The van der Waals surface area contributed by atoms with Crippen molar-refractivity contribution in [1.82, 2.24) is 4.98 Å². The fraction of sp³-hybridized carbons (Fsp3) is 0.286. The zero-order chi connectivity index (χ0) is 24.2. The Kier molecular flexibility index (Phi) is 5.21. The van der Waals surface area contributed by atoms with Crippen LogP contribution in [0.3, 0.4) is 0 Å². The Labute approximate surface area is 198 Å². The molecule has 2 heterocycles. The zero-order valence-electron chi connectivity index (χ0n) is 19.8. The van der Waals surface area contributed by atoms with Gasteiger partial charge in [-0.05, 0) is 68.0 Å². The first-order valence-electron chi connectivity index (χ1n) is 11.4. The Morgan fingerprint density at radius 3 is 2.59 bits per heavy atom. The molecule has 6 heteroatoms. The Bertz CT molecular complexity index is 1440. The largest absolute Gasteiger partial charge is 0.493 e. The molecule has 1 aliphatic rings. The molecule has 1 atom stereocenters. The topological polar surface area (TPSA) is 94.7 Å². The van der Waals surface area contributed by atoms with Gasteiger partial charge in [-0.1, -0.05) is 24.3 Å². The third-order valence-corrected chi connectivity index (χ3v) is 6.36. The maximum atomic E-state index is 12.6. The van der Waals surface area contributed by atoms with Crippen LogP contribution in [0.2, 0.25) is 0 Å². The van der Waals surface area contributed by atoms with Gasteiger partial charge >= 0.3 is 5.97 Å². The molecular weight excluding hydrogens is 428 g/mol. The maximum Gasteiger partial charge on any atom is 0.337 e. The number of aromatic nitrogens is 1. The van der Waals surface area contributed by atoms with E-state index in [1.807, 2.05) is 76.4 Å². The molecule has 0 fully saturated rings. The number of fused-ring (bicyclic) bond motifs is 1. The molecule has 4 aromatic rings. The minimum Gasteiger partial charge on any atom is -0.493 e. The Morgan fingerprint density at radius 2 is 1.88 bits per heavy atom. The average molecular weight is 457 g/mol. The summed E-state index contributed by atoms with van der Waals surface area (Å²) >= 11 is 0. The second-order valence-electron chi connectivity index (χ2n) is 9.72. The average Bonchev–Trinajstić information content (AvgIpc) is 2.80. The molecule has 0 radical (unpaired) electrons. The molecule has 0 aliphatic carbocycles. The van der Waals surface area contributed by atoms with E-state index < -0.39 is 17.7 Å². The van der Waals surface area contributed by atoms with Gasteiger partial charge in [0.15, 0.2) is 6.10 Å². The van der Waals surface area contributed by atoms with Crippen LogP contribution in [0.4, 0.5) is 5.69 Å². The van der Waals surface area contributed by atoms with Crippen molar-refractivity contribution < 1.29 is 19.4 Å². The van der Waals surface area contributed by atoms with E-state index in [0.717, 1.165) is 45.0 Å². The fourth-order valence-electron chi connectivity index (χ4n) is 4.92. The smallest absolute Gasteiger partial charge is 0.337 e. The second-order valence-corrected chi connectivity index (χ2v) is 9.72. The minimum absolute atomic E-state index is 0.553. The van der Waals surface area contributed by atoms with Gasteiger partial charge in [0.25, 0.3) is 0 Å². The highest BCUT2D eigenvalue weighted by Gasteiger charge is 2.33. The molecule has 1 aliphatic heterocycles. The molecule has 0 spiro atoms. The summed E-state index contributed by atoms with van der Waals surface area (Å²) in [6.07, 6.45) is 1.40. The number of nitrogen functional groups attached to an aromatic ring is 1. The summed E-state index contributed by atoms with van der Waals surface area (Å²) < 4.78 is 12.0. The summed E-state index contributed by atoms with van der Waals surface area (Å²) in [5.74, 6) is -0.264. The molecule has 5 rings (SSSR count). The standard InChI is InChI=1S/C28H28N2O4/c1-15-21(26(27(31)32)34-28(2,3)4)23(17-7-5-6-8-18(17)24(15)29)19-9-10-20-22-16(12-14-33-20)11-13-30-25(19)22/h5-11,13,26H,12,14,29H2,1-4H3,(H,31,32). The van der Waals surface area contributed by atoms with Crippen molar-refractivity contribution in [3.05, 3.63) is 65.4 Å². The summed E-state index contributed by atoms with van der Waals surface area (Å²) in [5.41, 5.74) is 11.3. The van der Waals surface area contributed by atoms with Gasteiger partial charge in [-0.3, -0.25) is 4.98 Å². The number of pyridine rings is 1.